The second kappa shape index (κ2) is 6.92. The van der Waals surface area contributed by atoms with Gasteiger partial charge in [-0.05, 0) is 19.3 Å². The Bertz CT molecular complexity index is 361. The van der Waals surface area contributed by atoms with Gasteiger partial charge in [-0.25, -0.2) is 4.79 Å². The minimum absolute atomic E-state index is 0.102. The lowest BCUT2D eigenvalue weighted by atomic mass is 9.95. The maximum absolute atomic E-state index is 12.2. The SMILES string of the molecule is COC1CCN(C(=O)NC2CCCCCC2C(=O)O)C1. The zero-order valence-corrected chi connectivity index (χ0v) is 12.0. The predicted molar refractivity (Wildman–Crippen MR) is 73.5 cm³/mol. The summed E-state index contributed by atoms with van der Waals surface area (Å²) in [5, 5.41) is 12.2. The molecule has 114 valence electrons. The molecule has 0 aromatic rings. The Labute approximate surface area is 119 Å². The van der Waals surface area contributed by atoms with Crippen molar-refractivity contribution in [3.63, 3.8) is 0 Å². The van der Waals surface area contributed by atoms with Gasteiger partial charge in [0.25, 0.3) is 0 Å². The molecule has 1 saturated carbocycles. The third-order valence-electron chi connectivity index (χ3n) is 4.41. The molecule has 6 heteroatoms. The molecule has 3 atom stereocenters. The van der Waals surface area contributed by atoms with Crippen LogP contribution in [0.2, 0.25) is 0 Å². The van der Waals surface area contributed by atoms with Crippen LogP contribution in [0.3, 0.4) is 0 Å². The highest BCUT2D eigenvalue weighted by Crippen LogP contribution is 2.24. The second-order valence-electron chi connectivity index (χ2n) is 5.73. The molecule has 0 aromatic carbocycles. The lowest BCUT2D eigenvalue weighted by molar-refractivity contribution is -0.142. The Morgan fingerprint density at radius 1 is 1.20 bits per heavy atom. The van der Waals surface area contributed by atoms with Gasteiger partial charge in [0.1, 0.15) is 0 Å². The van der Waals surface area contributed by atoms with E-state index in [1.165, 1.54) is 0 Å². The fraction of sp³-hybridized carbons (Fsp3) is 0.857. The second-order valence-corrected chi connectivity index (χ2v) is 5.73. The number of likely N-dealkylation sites (tertiary alicyclic amines) is 1. The van der Waals surface area contributed by atoms with Gasteiger partial charge >= 0.3 is 12.0 Å². The summed E-state index contributed by atoms with van der Waals surface area (Å²) in [5.41, 5.74) is 0. The molecule has 1 aliphatic heterocycles. The summed E-state index contributed by atoms with van der Waals surface area (Å²) < 4.78 is 5.25. The van der Waals surface area contributed by atoms with E-state index in [1.807, 2.05) is 0 Å². The molecule has 2 fully saturated rings. The van der Waals surface area contributed by atoms with Crippen molar-refractivity contribution in [1.82, 2.24) is 10.2 Å². The summed E-state index contributed by atoms with van der Waals surface area (Å²) in [6.07, 6.45) is 5.31. The standard InChI is InChI=1S/C14H24N2O4/c1-20-10-7-8-16(9-10)14(19)15-12-6-4-2-3-5-11(12)13(17)18/h10-12H,2-9H2,1H3,(H,15,19)(H,17,18). The van der Waals surface area contributed by atoms with Gasteiger partial charge in [-0.15, -0.1) is 0 Å². The molecule has 2 aliphatic rings. The van der Waals surface area contributed by atoms with Crippen molar-refractivity contribution >= 4 is 12.0 Å². The van der Waals surface area contributed by atoms with Gasteiger partial charge in [-0.1, -0.05) is 19.3 Å². The number of rotatable bonds is 3. The molecule has 6 nitrogen and oxygen atoms in total. The van der Waals surface area contributed by atoms with Crippen LogP contribution < -0.4 is 5.32 Å². The molecule has 2 rings (SSSR count). The molecule has 3 unspecified atom stereocenters. The number of nitrogens with one attached hydrogen (secondary N) is 1. The summed E-state index contributed by atoms with van der Waals surface area (Å²) in [5.74, 6) is -1.25. The average molecular weight is 284 g/mol. The van der Waals surface area contributed by atoms with Gasteiger partial charge in [0.05, 0.1) is 12.0 Å². The van der Waals surface area contributed by atoms with E-state index < -0.39 is 11.9 Å². The molecule has 0 radical (unpaired) electrons. The van der Waals surface area contributed by atoms with Crippen molar-refractivity contribution in [2.45, 2.75) is 50.7 Å². The van der Waals surface area contributed by atoms with Crippen LogP contribution >= 0.6 is 0 Å². The number of ether oxygens (including phenoxy) is 1. The van der Waals surface area contributed by atoms with Crippen LogP contribution in [-0.4, -0.2) is 54.4 Å². The number of amides is 2. The van der Waals surface area contributed by atoms with Crippen LogP contribution in [0, 0.1) is 5.92 Å². The highest BCUT2D eigenvalue weighted by Gasteiger charge is 2.33. The fourth-order valence-corrected chi connectivity index (χ4v) is 3.13. The smallest absolute Gasteiger partial charge is 0.317 e. The van der Waals surface area contributed by atoms with Gasteiger partial charge in [0.15, 0.2) is 0 Å². The molecule has 1 saturated heterocycles. The summed E-state index contributed by atoms with van der Waals surface area (Å²) >= 11 is 0. The lowest BCUT2D eigenvalue weighted by Crippen LogP contribution is -2.48. The minimum atomic E-state index is -0.798. The number of carboxylic acids is 1. The maximum atomic E-state index is 12.2. The van der Waals surface area contributed by atoms with Crippen LogP contribution in [0.25, 0.3) is 0 Å². The minimum Gasteiger partial charge on any atom is -0.481 e. The number of aliphatic carboxylic acids is 1. The molecular weight excluding hydrogens is 260 g/mol. The first-order valence-corrected chi connectivity index (χ1v) is 7.43. The zero-order chi connectivity index (χ0) is 14.5. The van der Waals surface area contributed by atoms with Crippen LogP contribution in [0.1, 0.15) is 38.5 Å². The van der Waals surface area contributed by atoms with Crippen molar-refractivity contribution in [3.8, 4) is 0 Å². The van der Waals surface area contributed by atoms with E-state index in [-0.39, 0.29) is 18.2 Å². The topological polar surface area (TPSA) is 78.9 Å². The summed E-state index contributed by atoms with van der Waals surface area (Å²) in [6, 6.07) is -0.396. The summed E-state index contributed by atoms with van der Waals surface area (Å²) in [4.78, 5) is 25.3. The molecule has 0 aromatic heterocycles. The van der Waals surface area contributed by atoms with Crippen molar-refractivity contribution in [1.29, 1.82) is 0 Å². The predicted octanol–water partition coefficient (Wildman–Crippen LogP) is 1.45. The first-order chi connectivity index (χ1) is 9.61. The number of nitrogens with zero attached hydrogens (tertiary/aromatic N) is 1. The zero-order valence-electron chi connectivity index (χ0n) is 12.0. The van der Waals surface area contributed by atoms with Crippen molar-refractivity contribution in [2.75, 3.05) is 20.2 Å². The average Bonchev–Trinajstić information content (AvgIpc) is 2.79. The van der Waals surface area contributed by atoms with Crippen molar-refractivity contribution in [2.24, 2.45) is 5.92 Å². The van der Waals surface area contributed by atoms with E-state index >= 15 is 0 Å². The van der Waals surface area contributed by atoms with Crippen LogP contribution in [0.4, 0.5) is 4.79 Å². The van der Waals surface area contributed by atoms with Crippen LogP contribution in [-0.2, 0) is 9.53 Å². The van der Waals surface area contributed by atoms with E-state index in [4.69, 9.17) is 4.74 Å². The number of methoxy groups -OCH3 is 1. The molecule has 2 amide bonds. The highest BCUT2D eigenvalue weighted by molar-refractivity contribution is 5.77. The Morgan fingerprint density at radius 3 is 2.60 bits per heavy atom. The number of carbonyl (C=O) groups excluding carboxylic acids is 1. The number of carboxylic acid groups (broad SMARTS) is 1. The van der Waals surface area contributed by atoms with Gasteiger partial charge in [-0.2, -0.15) is 0 Å². The Morgan fingerprint density at radius 2 is 1.95 bits per heavy atom. The number of urea groups is 1. The van der Waals surface area contributed by atoms with Crippen LogP contribution in [0.5, 0.6) is 0 Å². The van der Waals surface area contributed by atoms with E-state index in [0.29, 0.717) is 19.5 Å². The van der Waals surface area contributed by atoms with Crippen LogP contribution in [0.15, 0.2) is 0 Å². The van der Waals surface area contributed by atoms with E-state index in [1.54, 1.807) is 12.0 Å². The maximum Gasteiger partial charge on any atom is 0.317 e. The molecule has 0 bridgehead atoms. The molecular formula is C14H24N2O4. The van der Waals surface area contributed by atoms with E-state index in [0.717, 1.165) is 32.1 Å². The molecule has 1 aliphatic carbocycles. The number of hydrogen-bond donors (Lipinski definition) is 2. The summed E-state index contributed by atoms with van der Waals surface area (Å²) in [6.45, 7) is 1.27. The van der Waals surface area contributed by atoms with Gasteiger partial charge in [-0.3, -0.25) is 4.79 Å². The summed E-state index contributed by atoms with van der Waals surface area (Å²) in [7, 11) is 1.65. The monoisotopic (exact) mass is 284 g/mol. The third kappa shape index (κ3) is 3.62. The van der Waals surface area contributed by atoms with Crippen molar-refractivity contribution in [3.05, 3.63) is 0 Å². The lowest BCUT2D eigenvalue weighted by Gasteiger charge is -2.26. The molecule has 2 N–H and O–H groups in total. The largest absolute Gasteiger partial charge is 0.481 e. The number of carbonyl (C=O) groups is 2. The third-order valence-corrected chi connectivity index (χ3v) is 4.41. The normalized spacial score (nSPS) is 30.9. The first kappa shape index (κ1) is 15.1. The van der Waals surface area contributed by atoms with E-state index in [2.05, 4.69) is 5.32 Å². The Kier molecular flexibility index (Phi) is 5.23. The quantitative estimate of drug-likeness (QED) is 0.769. The molecule has 0 spiro atoms. The Hall–Kier alpha value is -1.30. The molecule has 20 heavy (non-hydrogen) atoms. The highest BCUT2D eigenvalue weighted by atomic mass is 16.5. The first-order valence-electron chi connectivity index (χ1n) is 7.43. The number of hydrogen-bond acceptors (Lipinski definition) is 3. The molecule has 1 heterocycles. The Balaban J connectivity index is 1.92. The van der Waals surface area contributed by atoms with Gasteiger partial charge < -0.3 is 20.1 Å². The fourth-order valence-electron chi connectivity index (χ4n) is 3.13. The van der Waals surface area contributed by atoms with Gasteiger partial charge in [0.2, 0.25) is 0 Å². The van der Waals surface area contributed by atoms with Crippen molar-refractivity contribution < 1.29 is 19.4 Å². The van der Waals surface area contributed by atoms with Gasteiger partial charge in [0, 0.05) is 26.2 Å². The van der Waals surface area contributed by atoms with E-state index in [9.17, 15) is 14.7 Å².